The quantitative estimate of drug-likeness (QED) is 0.148. The van der Waals surface area contributed by atoms with Crippen molar-refractivity contribution in [3.05, 3.63) is 124 Å². The molecule has 0 saturated carbocycles. The van der Waals surface area contributed by atoms with Crippen LogP contribution in [0.4, 0.5) is 0 Å². The van der Waals surface area contributed by atoms with Crippen molar-refractivity contribution in [2.75, 3.05) is 0 Å². The molecule has 3 nitrogen and oxygen atoms in total. The Hall–Kier alpha value is -3.91. The minimum atomic E-state index is -3.99. The van der Waals surface area contributed by atoms with Crippen LogP contribution < -0.4 is 14.4 Å². The molecular weight excluding hydrogens is 752 g/mol. The third-order valence-corrected chi connectivity index (χ3v) is 15.1. The van der Waals surface area contributed by atoms with Crippen LogP contribution in [0, 0.1) is 0 Å². The summed E-state index contributed by atoms with van der Waals surface area (Å²) < 4.78 is 14.7. The van der Waals surface area contributed by atoms with E-state index in [1.807, 2.05) is 0 Å². The van der Waals surface area contributed by atoms with Gasteiger partial charge in [-0.1, -0.05) is 179 Å². The molecule has 0 aliphatic rings. The highest BCUT2D eigenvalue weighted by Gasteiger charge is 2.53. The standard InChI is InChI=1S/C56H74O3P/c1-19-55(15,16)44-26-23-38-35-50(47(32-41(38)29-44)56(17,18)20-2)60(57,58-48-33-36-21-24-42(51(3,4)5)27-39(36)30-45(48)53(9,10)11)59-49-34-37-22-25-43(52(6,7)8)28-40(37)31-46(49)54(12,13)14/h21-35,57H,19-20H2,1-18H3/q+1. The van der Waals surface area contributed by atoms with Crippen LogP contribution in [-0.2, 0) is 32.5 Å². The van der Waals surface area contributed by atoms with Crippen molar-refractivity contribution in [3.63, 3.8) is 0 Å². The summed E-state index contributed by atoms with van der Waals surface area (Å²) in [5.74, 6) is 1.28. The van der Waals surface area contributed by atoms with E-state index in [2.05, 4.69) is 216 Å². The maximum Gasteiger partial charge on any atom is 0.533 e. The second-order valence-electron chi connectivity index (χ2n) is 22.9. The lowest BCUT2D eigenvalue weighted by atomic mass is 9.79. The van der Waals surface area contributed by atoms with Crippen molar-refractivity contribution in [3.8, 4) is 11.5 Å². The van der Waals surface area contributed by atoms with Crippen molar-refractivity contribution in [1.82, 2.24) is 0 Å². The minimum absolute atomic E-state index is 0.00936. The Labute approximate surface area is 363 Å². The molecule has 0 heterocycles. The van der Waals surface area contributed by atoms with Gasteiger partial charge in [-0.2, -0.15) is 4.89 Å². The lowest BCUT2D eigenvalue weighted by molar-refractivity contribution is 0.352. The van der Waals surface area contributed by atoms with Gasteiger partial charge < -0.3 is 0 Å². The fourth-order valence-corrected chi connectivity index (χ4v) is 10.1. The summed E-state index contributed by atoms with van der Waals surface area (Å²) in [4.78, 5) is 13.9. The molecule has 0 aliphatic carbocycles. The van der Waals surface area contributed by atoms with E-state index in [4.69, 9.17) is 9.05 Å². The van der Waals surface area contributed by atoms with Crippen molar-refractivity contribution in [2.45, 2.75) is 170 Å². The zero-order valence-electron chi connectivity index (χ0n) is 40.3. The van der Waals surface area contributed by atoms with Crippen LogP contribution in [0.15, 0.2) is 91.0 Å². The first-order valence-corrected chi connectivity index (χ1v) is 23.8. The van der Waals surface area contributed by atoms with Gasteiger partial charge in [0.05, 0.1) is 0 Å². The Bertz CT molecular complexity index is 2450. The second-order valence-corrected chi connectivity index (χ2v) is 24.8. The molecule has 6 rings (SSSR count). The molecule has 0 aromatic heterocycles. The summed E-state index contributed by atoms with van der Waals surface area (Å²) in [5.41, 5.74) is 6.12. The summed E-state index contributed by atoms with van der Waals surface area (Å²) in [5, 5.41) is 7.37. The molecule has 60 heavy (non-hydrogen) atoms. The van der Waals surface area contributed by atoms with E-state index in [0.29, 0.717) is 11.5 Å². The van der Waals surface area contributed by atoms with Crippen LogP contribution in [-0.4, -0.2) is 4.89 Å². The number of hydrogen-bond acceptors (Lipinski definition) is 3. The van der Waals surface area contributed by atoms with Gasteiger partial charge in [0, 0.05) is 16.7 Å². The average molecular weight is 826 g/mol. The van der Waals surface area contributed by atoms with E-state index in [1.165, 1.54) is 16.7 Å². The monoisotopic (exact) mass is 826 g/mol. The fourth-order valence-electron chi connectivity index (χ4n) is 8.07. The SMILES string of the molecule is CCC(C)(C)c1ccc2cc([P+](O)(Oc3cc4ccc(C(C)(C)C)cc4cc3C(C)(C)C)Oc3cc4ccc(C(C)(C)C)cc4cc3C(C)(C)C)c(C(C)(C)CC)cc2c1. The van der Waals surface area contributed by atoms with Crippen molar-refractivity contribution in [2.24, 2.45) is 0 Å². The van der Waals surface area contributed by atoms with E-state index in [9.17, 15) is 4.89 Å². The summed E-state index contributed by atoms with van der Waals surface area (Å²) in [6.45, 7) is 40.5. The molecule has 1 N–H and O–H groups in total. The molecule has 4 heteroatoms. The van der Waals surface area contributed by atoms with Crippen LogP contribution in [0.1, 0.15) is 171 Å². The first kappa shape index (κ1) is 45.6. The van der Waals surface area contributed by atoms with E-state index in [1.54, 1.807) is 0 Å². The van der Waals surface area contributed by atoms with Gasteiger partial charge in [-0.15, -0.1) is 0 Å². The molecule has 6 aromatic carbocycles. The second kappa shape index (κ2) is 15.5. The topological polar surface area (TPSA) is 38.7 Å². The third kappa shape index (κ3) is 9.15. The van der Waals surface area contributed by atoms with Crippen LogP contribution in [0.25, 0.3) is 32.3 Å². The highest BCUT2D eigenvalue weighted by Crippen LogP contribution is 2.60. The predicted octanol–water partition coefficient (Wildman–Crippen LogP) is 16.2. The number of rotatable bonds is 9. The summed E-state index contributed by atoms with van der Waals surface area (Å²) in [7, 11) is -3.99. The Kier molecular flexibility index (Phi) is 11.8. The molecule has 0 spiro atoms. The predicted molar refractivity (Wildman–Crippen MR) is 263 cm³/mol. The molecule has 0 radical (unpaired) electrons. The number of fused-ring (bicyclic) bond motifs is 3. The maximum atomic E-state index is 13.9. The molecular formula is C56H74O3P+. The third-order valence-electron chi connectivity index (χ3n) is 13.2. The molecule has 0 amide bonds. The van der Waals surface area contributed by atoms with Crippen LogP contribution in [0.2, 0.25) is 0 Å². The van der Waals surface area contributed by atoms with Gasteiger partial charge in [0.15, 0.2) is 11.5 Å². The van der Waals surface area contributed by atoms with Gasteiger partial charge in [-0.05, 0) is 131 Å². The van der Waals surface area contributed by atoms with E-state index >= 15 is 0 Å². The van der Waals surface area contributed by atoms with Crippen molar-refractivity contribution in [1.29, 1.82) is 0 Å². The summed E-state index contributed by atoms with van der Waals surface area (Å²) >= 11 is 0. The van der Waals surface area contributed by atoms with E-state index in [0.717, 1.165) is 67.2 Å². The summed E-state index contributed by atoms with van der Waals surface area (Å²) in [6.07, 6.45) is 1.90. The molecule has 0 atom stereocenters. The molecule has 0 saturated heterocycles. The van der Waals surface area contributed by atoms with Gasteiger partial charge in [-0.25, -0.2) is 0 Å². The Morgan fingerprint density at radius 3 is 1.10 bits per heavy atom. The average Bonchev–Trinajstić information content (AvgIpc) is 3.14. The minimum Gasteiger partial charge on any atom is -0.273 e. The number of hydrogen-bond donors (Lipinski definition) is 1. The van der Waals surface area contributed by atoms with Gasteiger partial charge >= 0.3 is 7.94 Å². The van der Waals surface area contributed by atoms with Crippen LogP contribution in [0.5, 0.6) is 11.5 Å². The fraction of sp³-hybridized carbons (Fsp3) is 0.464. The molecule has 0 unspecified atom stereocenters. The van der Waals surface area contributed by atoms with Gasteiger partial charge in [0.2, 0.25) is 5.30 Å². The smallest absolute Gasteiger partial charge is 0.273 e. The van der Waals surface area contributed by atoms with Crippen molar-refractivity contribution < 1.29 is 13.9 Å². The zero-order valence-corrected chi connectivity index (χ0v) is 41.2. The maximum absolute atomic E-state index is 13.9. The van der Waals surface area contributed by atoms with Gasteiger partial charge in [-0.3, -0.25) is 9.05 Å². The largest absolute Gasteiger partial charge is 0.533 e. The lowest BCUT2D eigenvalue weighted by Gasteiger charge is -2.31. The highest BCUT2D eigenvalue weighted by molar-refractivity contribution is 7.69. The van der Waals surface area contributed by atoms with E-state index in [-0.39, 0.29) is 32.5 Å². The normalized spacial score (nSPS) is 13.7. The van der Waals surface area contributed by atoms with E-state index < -0.39 is 7.94 Å². The van der Waals surface area contributed by atoms with Crippen molar-refractivity contribution >= 4 is 45.6 Å². The Balaban J connectivity index is 1.68. The summed E-state index contributed by atoms with van der Waals surface area (Å²) in [6, 6.07) is 33.5. The molecule has 0 bridgehead atoms. The molecule has 320 valence electrons. The first-order valence-electron chi connectivity index (χ1n) is 22.2. The molecule has 0 aliphatic heterocycles. The first-order chi connectivity index (χ1) is 27.5. The Morgan fingerprint density at radius 2 is 0.733 bits per heavy atom. The van der Waals surface area contributed by atoms with Crippen LogP contribution >= 0.6 is 7.94 Å². The molecule has 0 fully saturated rings. The van der Waals surface area contributed by atoms with Gasteiger partial charge in [0.1, 0.15) is 0 Å². The molecule has 6 aromatic rings. The van der Waals surface area contributed by atoms with Gasteiger partial charge in [0.25, 0.3) is 0 Å². The highest BCUT2D eigenvalue weighted by atomic mass is 31.2. The zero-order chi connectivity index (χ0) is 44.6. The number of benzene rings is 6. The lowest BCUT2D eigenvalue weighted by Crippen LogP contribution is -2.32. The van der Waals surface area contributed by atoms with Crippen LogP contribution in [0.3, 0.4) is 0 Å². The Morgan fingerprint density at radius 1 is 0.383 bits per heavy atom.